The highest BCUT2D eigenvalue weighted by atomic mass is 32.3. The van der Waals surface area contributed by atoms with E-state index in [1.807, 2.05) is 6.92 Å². The first kappa shape index (κ1) is 21.0. The SMILES string of the molecule is CCN(C)O.COS(=O)(=O)O.C[N+](C)(C)O. The molecule has 0 aliphatic heterocycles. The number of quaternary nitrogens is 1. The van der Waals surface area contributed by atoms with E-state index in [-0.39, 0.29) is 4.65 Å². The number of hydrogen-bond acceptors (Lipinski definition) is 6. The largest absolute Gasteiger partial charge is 0.397 e. The Bertz CT molecular complexity index is 228. The summed E-state index contributed by atoms with van der Waals surface area (Å²) in [5.74, 6) is 0. The van der Waals surface area contributed by atoms with Crippen molar-refractivity contribution in [2.45, 2.75) is 6.92 Å². The lowest BCUT2D eigenvalue weighted by molar-refractivity contribution is -1.06. The van der Waals surface area contributed by atoms with Crippen LogP contribution in [-0.4, -0.2) is 74.9 Å². The fraction of sp³-hybridized carbons (Fsp3) is 1.00. The third-order valence-electron chi connectivity index (χ3n) is 0.668. The van der Waals surface area contributed by atoms with Gasteiger partial charge in [0.2, 0.25) is 0 Å². The zero-order chi connectivity index (χ0) is 14.0. The van der Waals surface area contributed by atoms with Gasteiger partial charge in [-0.2, -0.15) is 18.1 Å². The number of hydroxylamine groups is 5. The second-order valence-corrected chi connectivity index (χ2v) is 4.70. The molecule has 0 rings (SSSR count). The summed E-state index contributed by atoms with van der Waals surface area (Å²) in [6.07, 6.45) is 0. The highest BCUT2D eigenvalue weighted by molar-refractivity contribution is 7.80. The summed E-state index contributed by atoms with van der Waals surface area (Å²) in [7, 11) is 3.36. The van der Waals surface area contributed by atoms with Gasteiger partial charge in [0.1, 0.15) is 0 Å². The molecule has 0 saturated heterocycles. The van der Waals surface area contributed by atoms with Gasteiger partial charge in [0, 0.05) is 13.6 Å². The summed E-state index contributed by atoms with van der Waals surface area (Å²) >= 11 is 0. The second-order valence-electron chi connectivity index (χ2n) is 3.51. The Morgan fingerprint density at radius 2 is 1.44 bits per heavy atom. The fourth-order valence-corrected chi connectivity index (χ4v) is 0. The van der Waals surface area contributed by atoms with Gasteiger partial charge in [-0.05, 0) is 0 Å². The molecular formula is C7H23N2O6S+. The molecule has 0 heterocycles. The van der Waals surface area contributed by atoms with E-state index in [9.17, 15) is 8.42 Å². The minimum absolute atomic E-state index is 0. The predicted octanol–water partition coefficient (Wildman–Crippen LogP) is -0.155. The van der Waals surface area contributed by atoms with Crippen LogP contribution in [0.5, 0.6) is 0 Å². The quantitative estimate of drug-likeness (QED) is 0.361. The molecule has 102 valence electrons. The molecule has 0 aromatic rings. The lowest BCUT2D eigenvalue weighted by Gasteiger charge is -2.09. The van der Waals surface area contributed by atoms with E-state index in [2.05, 4.69) is 4.18 Å². The van der Waals surface area contributed by atoms with E-state index in [0.717, 1.165) is 12.2 Å². The predicted molar refractivity (Wildman–Crippen MR) is 58.5 cm³/mol. The zero-order valence-electron chi connectivity index (χ0n) is 10.6. The van der Waals surface area contributed by atoms with Crippen LogP contribution in [-0.2, 0) is 14.6 Å². The van der Waals surface area contributed by atoms with Crippen LogP contribution in [0.1, 0.15) is 6.92 Å². The third-order valence-corrected chi connectivity index (χ3v) is 1.09. The molecular weight excluding hydrogens is 240 g/mol. The zero-order valence-corrected chi connectivity index (χ0v) is 11.4. The minimum Gasteiger partial charge on any atom is -0.314 e. The highest BCUT2D eigenvalue weighted by Crippen LogP contribution is 1.75. The molecule has 9 heteroatoms. The van der Waals surface area contributed by atoms with E-state index in [0.29, 0.717) is 6.54 Å². The van der Waals surface area contributed by atoms with Gasteiger partial charge in [0.15, 0.2) is 0 Å². The van der Waals surface area contributed by atoms with Crippen LogP contribution in [0, 0.1) is 0 Å². The summed E-state index contributed by atoms with van der Waals surface area (Å²) in [5.41, 5.74) is 0. The Morgan fingerprint density at radius 3 is 1.44 bits per heavy atom. The maximum atomic E-state index is 9.33. The van der Waals surface area contributed by atoms with Crippen molar-refractivity contribution in [2.24, 2.45) is 0 Å². The van der Waals surface area contributed by atoms with E-state index in [4.69, 9.17) is 15.0 Å². The first-order valence-electron chi connectivity index (χ1n) is 4.30. The van der Waals surface area contributed by atoms with Crippen LogP contribution in [0.3, 0.4) is 0 Å². The van der Waals surface area contributed by atoms with Crippen molar-refractivity contribution in [3.05, 3.63) is 0 Å². The molecule has 0 saturated carbocycles. The first-order valence-corrected chi connectivity index (χ1v) is 5.67. The monoisotopic (exact) mass is 263 g/mol. The molecule has 8 nitrogen and oxygen atoms in total. The van der Waals surface area contributed by atoms with Gasteiger partial charge >= 0.3 is 10.4 Å². The third kappa shape index (κ3) is 99.8. The molecule has 0 bridgehead atoms. The van der Waals surface area contributed by atoms with E-state index in [1.165, 1.54) is 0 Å². The van der Waals surface area contributed by atoms with Gasteiger partial charge in [-0.25, -0.2) is 5.21 Å². The lowest BCUT2D eigenvalue weighted by Crippen LogP contribution is -2.28. The molecule has 0 amide bonds. The number of rotatable bonds is 2. The molecule has 0 fully saturated rings. The maximum absolute atomic E-state index is 9.33. The van der Waals surface area contributed by atoms with E-state index < -0.39 is 10.4 Å². The summed E-state index contributed by atoms with van der Waals surface area (Å²) in [6, 6.07) is 0. The number of hydrogen-bond donors (Lipinski definition) is 3. The summed E-state index contributed by atoms with van der Waals surface area (Å²) in [5, 5.41) is 17.8. The minimum atomic E-state index is -4.16. The molecule has 3 N–H and O–H groups in total. The van der Waals surface area contributed by atoms with Crippen LogP contribution in [0.4, 0.5) is 0 Å². The van der Waals surface area contributed by atoms with Crippen LogP contribution in [0.25, 0.3) is 0 Å². The van der Waals surface area contributed by atoms with Crippen LogP contribution in [0.15, 0.2) is 0 Å². The second kappa shape index (κ2) is 9.90. The normalized spacial score (nSPS) is 11.1. The Labute approximate surface area is 97.1 Å². The lowest BCUT2D eigenvalue weighted by atomic mass is 10.8. The van der Waals surface area contributed by atoms with Crippen molar-refractivity contribution in [2.75, 3.05) is 41.8 Å². The van der Waals surface area contributed by atoms with Gasteiger partial charge in [-0.1, -0.05) is 6.92 Å². The average molecular weight is 263 g/mol. The molecule has 16 heavy (non-hydrogen) atoms. The van der Waals surface area contributed by atoms with Crippen LogP contribution in [0.2, 0.25) is 0 Å². The van der Waals surface area contributed by atoms with E-state index >= 15 is 0 Å². The van der Waals surface area contributed by atoms with Crippen molar-refractivity contribution in [3.63, 3.8) is 0 Å². The molecule has 0 aromatic carbocycles. The van der Waals surface area contributed by atoms with Crippen molar-refractivity contribution in [1.82, 2.24) is 5.06 Å². The van der Waals surface area contributed by atoms with Crippen LogP contribution >= 0.6 is 0 Å². The van der Waals surface area contributed by atoms with Gasteiger partial charge < -0.3 is 5.21 Å². The topological polar surface area (TPSA) is 107 Å². The van der Waals surface area contributed by atoms with Crippen molar-refractivity contribution < 1.29 is 32.2 Å². The maximum Gasteiger partial charge on any atom is 0.397 e. The summed E-state index contributed by atoms with van der Waals surface area (Å²) in [4.78, 5) is 0. The molecule has 0 aromatic heterocycles. The number of nitrogens with zero attached hydrogens (tertiary/aromatic N) is 2. The van der Waals surface area contributed by atoms with Crippen molar-refractivity contribution >= 4 is 10.4 Å². The van der Waals surface area contributed by atoms with Crippen molar-refractivity contribution in [3.8, 4) is 0 Å². The Balaban J connectivity index is -0.000000160. The molecule has 0 radical (unpaired) electrons. The standard InChI is InChI=1S/C3H10NO.C3H9NO.CH4O4S/c1-4(2,3)5;1-3-4(2)5;1-5-6(2,3)4/h5H,1-3H3;5H,3H2,1-2H3;1H3,(H,2,3,4)/q+1;;. The highest BCUT2D eigenvalue weighted by Gasteiger charge is 1.94. The van der Waals surface area contributed by atoms with E-state index in [1.54, 1.807) is 28.2 Å². The van der Waals surface area contributed by atoms with Gasteiger partial charge in [-0.15, -0.1) is 0 Å². The Hall–Kier alpha value is -0.290. The van der Waals surface area contributed by atoms with Crippen molar-refractivity contribution in [1.29, 1.82) is 0 Å². The summed E-state index contributed by atoms with van der Waals surface area (Å²) in [6.45, 7) is 2.57. The van der Waals surface area contributed by atoms with Gasteiger partial charge in [0.25, 0.3) is 0 Å². The Kier molecular flexibility index (Phi) is 13.0. The average Bonchev–Trinajstić information content (AvgIpc) is 2.01. The smallest absolute Gasteiger partial charge is 0.314 e. The van der Waals surface area contributed by atoms with Gasteiger partial charge in [-0.3, -0.25) is 8.74 Å². The molecule has 0 unspecified atom stereocenters. The Morgan fingerprint density at radius 1 is 1.31 bits per heavy atom. The molecule has 0 atom stereocenters. The van der Waals surface area contributed by atoms with Crippen LogP contribution < -0.4 is 0 Å². The molecule has 0 aliphatic rings. The fourth-order valence-electron chi connectivity index (χ4n) is 0. The first-order chi connectivity index (χ1) is 6.83. The summed E-state index contributed by atoms with van der Waals surface area (Å²) < 4.78 is 29.7. The van der Waals surface area contributed by atoms with Gasteiger partial charge in [0.05, 0.1) is 28.3 Å². The molecule has 0 aliphatic carbocycles. The molecule has 0 spiro atoms.